The summed E-state index contributed by atoms with van der Waals surface area (Å²) in [5.74, 6) is 0. The maximum absolute atomic E-state index is 6.14. The highest BCUT2D eigenvalue weighted by molar-refractivity contribution is 6.35. The van der Waals surface area contributed by atoms with Gasteiger partial charge in [-0.15, -0.1) is 0 Å². The van der Waals surface area contributed by atoms with Crippen molar-refractivity contribution in [3.05, 3.63) is 96.0 Å². The first-order valence-electron chi connectivity index (χ1n) is 9.15. The Balaban J connectivity index is 1.94. The first kappa shape index (κ1) is 15.0. The Morgan fingerprint density at radius 3 is 1.74 bits per heavy atom. The molecule has 0 saturated heterocycles. The fraction of sp³-hybridized carbons (Fsp3) is 0. The van der Waals surface area contributed by atoms with Crippen LogP contribution >= 0.6 is 11.6 Å². The van der Waals surface area contributed by atoms with Crippen molar-refractivity contribution in [2.75, 3.05) is 0 Å². The number of halogens is 1. The molecule has 0 atom stereocenters. The molecule has 0 radical (unpaired) electrons. The average molecular weight is 363 g/mol. The second-order valence-electron chi connectivity index (χ2n) is 7.11. The second kappa shape index (κ2) is 5.45. The highest BCUT2D eigenvalue weighted by atomic mass is 35.5. The van der Waals surface area contributed by atoms with Crippen molar-refractivity contribution in [2.24, 2.45) is 0 Å². The van der Waals surface area contributed by atoms with Crippen molar-refractivity contribution < 1.29 is 0 Å². The van der Waals surface area contributed by atoms with E-state index in [0.717, 1.165) is 5.02 Å². The van der Waals surface area contributed by atoms with Gasteiger partial charge in [0.05, 0.1) is 0 Å². The Hall–Kier alpha value is -3.09. The average Bonchev–Trinajstić information content (AvgIpc) is 2.72. The van der Waals surface area contributed by atoms with Crippen LogP contribution in [0, 0.1) is 0 Å². The van der Waals surface area contributed by atoms with Gasteiger partial charge < -0.3 is 0 Å². The van der Waals surface area contributed by atoms with E-state index in [4.69, 9.17) is 11.6 Å². The van der Waals surface area contributed by atoms with Crippen molar-refractivity contribution in [1.29, 1.82) is 0 Å². The minimum Gasteiger partial charge on any atom is -0.0843 e. The molecule has 0 bridgehead atoms. The van der Waals surface area contributed by atoms with E-state index in [-0.39, 0.29) is 0 Å². The molecule has 0 heterocycles. The molecule has 126 valence electrons. The van der Waals surface area contributed by atoms with E-state index >= 15 is 0 Å². The van der Waals surface area contributed by atoms with Crippen LogP contribution in [0.5, 0.6) is 0 Å². The molecule has 0 aliphatic heterocycles. The van der Waals surface area contributed by atoms with Crippen LogP contribution in [0.25, 0.3) is 54.2 Å². The van der Waals surface area contributed by atoms with Gasteiger partial charge in [0.2, 0.25) is 0 Å². The van der Waals surface area contributed by atoms with Crippen LogP contribution in [0.15, 0.2) is 91.0 Å². The molecule has 6 aromatic carbocycles. The van der Waals surface area contributed by atoms with Gasteiger partial charge in [-0.05, 0) is 66.3 Å². The number of benzene rings is 6. The van der Waals surface area contributed by atoms with Crippen LogP contribution in [-0.2, 0) is 0 Å². The lowest BCUT2D eigenvalue weighted by atomic mass is 9.86. The maximum atomic E-state index is 6.14. The fourth-order valence-electron chi connectivity index (χ4n) is 4.53. The molecule has 0 unspecified atom stereocenters. The lowest BCUT2D eigenvalue weighted by Gasteiger charge is -2.17. The molecular formula is C26H15Cl. The molecule has 0 amide bonds. The van der Waals surface area contributed by atoms with Gasteiger partial charge in [-0.2, -0.15) is 0 Å². The molecule has 0 saturated carbocycles. The number of rotatable bonds is 1. The smallest absolute Gasteiger partial charge is 0.0406 e. The third-order valence-corrected chi connectivity index (χ3v) is 5.92. The lowest BCUT2D eigenvalue weighted by Crippen LogP contribution is -1.89. The van der Waals surface area contributed by atoms with E-state index < -0.39 is 0 Å². The summed E-state index contributed by atoms with van der Waals surface area (Å²) < 4.78 is 0. The standard InChI is InChI=1S/C26H15Cl/c27-19-13-10-16(11-14-19)20-15-12-18-6-2-8-22-21-7-1-4-17-5-3-9-23(24(17)21)26(20)25(18)22/h1-15H. The van der Waals surface area contributed by atoms with Crippen LogP contribution in [0.1, 0.15) is 0 Å². The largest absolute Gasteiger partial charge is 0.0843 e. The van der Waals surface area contributed by atoms with Crippen LogP contribution < -0.4 is 0 Å². The minimum absolute atomic E-state index is 0.765. The third kappa shape index (κ3) is 2.05. The number of fused-ring (bicyclic) bond motifs is 2. The maximum Gasteiger partial charge on any atom is 0.0406 e. The van der Waals surface area contributed by atoms with Gasteiger partial charge in [0.1, 0.15) is 0 Å². The first-order valence-corrected chi connectivity index (χ1v) is 9.53. The summed E-state index contributed by atoms with van der Waals surface area (Å²) in [6.45, 7) is 0. The molecule has 0 aliphatic carbocycles. The Bertz CT molecular complexity index is 1450. The van der Waals surface area contributed by atoms with E-state index in [0.29, 0.717) is 0 Å². The third-order valence-electron chi connectivity index (χ3n) is 5.67. The van der Waals surface area contributed by atoms with E-state index in [1.807, 2.05) is 12.1 Å². The molecule has 0 aliphatic rings. The van der Waals surface area contributed by atoms with Crippen LogP contribution in [0.3, 0.4) is 0 Å². The molecule has 6 rings (SSSR count). The van der Waals surface area contributed by atoms with E-state index in [1.54, 1.807) is 0 Å². The summed E-state index contributed by atoms with van der Waals surface area (Å²) in [7, 11) is 0. The molecule has 27 heavy (non-hydrogen) atoms. The van der Waals surface area contributed by atoms with Gasteiger partial charge in [-0.3, -0.25) is 0 Å². The van der Waals surface area contributed by atoms with Gasteiger partial charge in [-0.25, -0.2) is 0 Å². The monoisotopic (exact) mass is 362 g/mol. The van der Waals surface area contributed by atoms with Crippen LogP contribution in [0.4, 0.5) is 0 Å². The predicted molar refractivity (Wildman–Crippen MR) is 118 cm³/mol. The van der Waals surface area contributed by atoms with Crippen molar-refractivity contribution >= 4 is 54.7 Å². The summed E-state index contributed by atoms with van der Waals surface area (Å²) >= 11 is 6.14. The van der Waals surface area contributed by atoms with Gasteiger partial charge >= 0.3 is 0 Å². The normalized spacial score (nSPS) is 11.9. The Kier molecular flexibility index (Phi) is 3.03. The minimum atomic E-state index is 0.765. The van der Waals surface area contributed by atoms with Crippen molar-refractivity contribution in [3.8, 4) is 11.1 Å². The highest BCUT2D eigenvalue weighted by Gasteiger charge is 2.15. The van der Waals surface area contributed by atoms with E-state index in [2.05, 4.69) is 78.9 Å². The van der Waals surface area contributed by atoms with Crippen LogP contribution in [-0.4, -0.2) is 0 Å². The van der Waals surface area contributed by atoms with Crippen LogP contribution in [0.2, 0.25) is 5.02 Å². The van der Waals surface area contributed by atoms with E-state index in [1.165, 1.54) is 54.2 Å². The van der Waals surface area contributed by atoms with Gasteiger partial charge in [0.15, 0.2) is 0 Å². The zero-order valence-electron chi connectivity index (χ0n) is 14.5. The SMILES string of the molecule is Clc1ccc(-c2ccc3cccc4c5cccc6cccc(c2c34)c65)cc1. The highest BCUT2D eigenvalue weighted by Crippen LogP contribution is 2.44. The summed E-state index contributed by atoms with van der Waals surface area (Å²) in [6.07, 6.45) is 0. The predicted octanol–water partition coefficient (Wildman–Crippen LogP) is 8.06. The van der Waals surface area contributed by atoms with Crippen molar-refractivity contribution in [3.63, 3.8) is 0 Å². The van der Waals surface area contributed by atoms with E-state index in [9.17, 15) is 0 Å². The lowest BCUT2D eigenvalue weighted by molar-refractivity contribution is 1.67. The zero-order chi connectivity index (χ0) is 18.0. The summed E-state index contributed by atoms with van der Waals surface area (Å²) in [5, 5.41) is 11.3. The Labute approximate surface area is 161 Å². The van der Waals surface area contributed by atoms with Crippen molar-refractivity contribution in [1.82, 2.24) is 0 Å². The van der Waals surface area contributed by atoms with Gasteiger partial charge in [-0.1, -0.05) is 90.5 Å². The molecule has 0 N–H and O–H groups in total. The van der Waals surface area contributed by atoms with Crippen molar-refractivity contribution in [2.45, 2.75) is 0 Å². The summed E-state index contributed by atoms with van der Waals surface area (Å²) in [4.78, 5) is 0. The summed E-state index contributed by atoms with van der Waals surface area (Å²) in [6, 6.07) is 32.5. The zero-order valence-corrected chi connectivity index (χ0v) is 15.3. The molecule has 0 aromatic heterocycles. The molecule has 6 aromatic rings. The topological polar surface area (TPSA) is 0 Å². The molecule has 0 spiro atoms. The number of hydrogen-bond acceptors (Lipinski definition) is 0. The Morgan fingerprint density at radius 2 is 1.04 bits per heavy atom. The Morgan fingerprint density at radius 1 is 0.444 bits per heavy atom. The first-order chi connectivity index (χ1) is 13.3. The number of hydrogen-bond donors (Lipinski definition) is 0. The fourth-order valence-corrected chi connectivity index (χ4v) is 4.65. The summed E-state index contributed by atoms with van der Waals surface area (Å²) in [5.41, 5.74) is 2.45. The van der Waals surface area contributed by atoms with Gasteiger partial charge in [0, 0.05) is 5.02 Å². The molecule has 1 heteroatoms. The quantitative estimate of drug-likeness (QED) is 0.205. The second-order valence-corrected chi connectivity index (χ2v) is 7.54. The molecular weight excluding hydrogens is 348 g/mol. The molecule has 0 fully saturated rings. The molecule has 0 nitrogen and oxygen atoms in total. The van der Waals surface area contributed by atoms with Gasteiger partial charge in [0.25, 0.3) is 0 Å².